The molecule has 3 aromatic rings. The number of hydrogen-bond donors (Lipinski definition) is 1. The summed E-state index contributed by atoms with van der Waals surface area (Å²) in [5.74, 6) is 1.33. The Balaban J connectivity index is 1.21. The van der Waals surface area contributed by atoms with Crippen molar-refractivity contribution < 1.29 is 38.0 Å². The van der Waals surface area contributed by atoms with E-state index in [0.29, 0.717) is 29.2 Å². The van der Waals surface area contributed by atoms with Crippen molar-refractivity contribution in [1.82, 2.24) is 9.88 Å². The van der Waals surface area contributed by atoms with Crippen molar-refractivity contribution in [3.05, 3.63) is 53.2 Å². The summed E-state index contributed by atoms with van der Waals surface area (Å²) in [4.78, 5) is 32.7. The summed E-state index contributed by atoms with van der Waals surface area (Å²) in [7, 11) is 7.75. The zero-order valence-corrected chi connectivity index (χ0v) is 26.8. The van der Waals surface area contributed by atoms with Crippen LogP contribution in [0.25, 0.3) is 17.0 Å². The molecule has 6 rings (SSSR count). The summed E-state index contributed by atoms with van der Waals surface area (Å²) in [6, 6.07) is 9.92. The van der Waals surface area contributed by atoms with Gasteiger partial charge in [0.05, 0.1) is 47.5 Å². The summed E-state index contributed by atoms with van der Waals surface area (Å²) < 4.78 is 33.1. The van der Waals surface area contributed by atoms with Gasteiger partial charge in [-0.15, -0.1) is 0 Å². The number of carbonyl (C=O) groups is 2. The van der Waals surface area contributed by atoms with Gasteiger partial charge >= 0.3 is 11.9 Å². The van der Waals surface area contributed by atoms with E-state index in [1.807, 2.05) is 13.0 Å². The third-order valence-corrected chi connectivity index (χ3v) is 10.1. The minimum Gasteiger partial charge on any atom is -0.497 e. The van der Waals surface area contributed by atoms with Gasteiger partial charge < -0.3 is 33.4 Å². The van der Waals surface area contributed by atoms with Gasteiger partial charge in [-0.05, 0) is 72.6 Å². The van der Waals surface area contributed by atoms with Gasteiger partial charge in [-0.2, -0.15) is 0 Å². The van der Waals surface area contributed by atoms with Gasteiger partial charge in [0.25, 0.3) is 0 Å². The zero-order valence-electron chi connectivity index (χ0n) is 26.8. The Bertz CT molecular complexity index is 1590. The van der Waals surface area contributed by atoms with Gasteiger partial charge in [0.2, 0.25) is 5.75 Å². The number of fused-ring (bicyclic) bond motifs is 6. The Morgan fingerprint density at radius 3 is 2.38 bits per heavy atom. The number of ether oxygens (including phenoxy) is 6. The number of H-pyrrole nitrogens is 1. The summed E-state index contributed by atoms with van der Waals surface area (Å²) in [5, 5.41) is 1.24. The molecule has 10 nitrogen and oxygen atoms in total. The lowest BCUT2D eigenvalue weighted by atomic mass is 9.61. The predicted molar refractivity (Wildman–Crippen MR) is 169 cm³/mol. The lowest BCUT2D eigenvalue weighted by molar-refractivity contribution is -0.171. The molecule has 1 saturated heterocycles. The van der Waals surface area contributed by atoms with Crippen LogP contribution in [-0.4, -0.2) is 76.6 Å². The molecule has 1 unspecified atom stereocenters. The standard InChI is InChI=1S/C35H42N2O8/c1-19-28(45-31(38)10-7-20-13-29(41-3)34(43-5)30(14-20)42-4)15-21-18-37-12-11-24-23-9-8-22(40-2)16-26(23)36-33(24)27(37)17-25(21)32(19)35(39)44-6/h7-10,13-14,16,19,21,25,27-28,32,36H,11-12,15,17-18H2,1-6H3/b10-7+/t19?,21-,25+,27-,28-,32-/m1/s1. The van der Waals surface area contributed by atoms with Crippen LogP contribution in [0.15, 0.2) is 36.4 Å². The minimum absolute atomic E-state index is 0.116. The Kier molecular flexibility index (Phi) is 8.68. The summed E-state index contributed by atoms with van der Waals surface area (Å²) in [6.07, 6.45) is 5.14. The van der Waals surface area contributed by atoms with E-state index >= 15 is 0 Å². The molecule has 1 N–H and O–H groups in total. The highest BCUT2D eigenvalue weighted by atomic mass is 16.5. The maximum Gasteiger partial charge on any atom is 0.331 e. The third-order valence-electron chi connectivity index (χ3n) is 10.1. The number of methoxy groups -OCH3 is 5. The molecule has 0 radical (unpaired) electrons. The van der Waals surface area contributed by atoms with Crippen molar-refractivity contribution in [3.63, 3.8) is 0 Å². The molecular weight excluding hydrogens is 576 g/mol. The molecule has 1 aromatic heterocycles. The van der Waals surface area contributed by atoms with E-state index < -0.39 is 12.1 Å². The summed E-state index contributed by atoms with van der Waals surface area (Å²) in [6.45, 7) is 3.79. The number of nitrogens with one attached hydrogen (secondary N) is 1. The molecule has 0 spiro atoms. The molecule has 3 aliphatic rings. The van der Waals surface area contributed by atoms with Gasteiger partial charge in [0.1, 0.15) is 11.9 Å². The van der Waals surface area contributed by atoms with Crippen LogP contribution in [0.2, 0.25) is 0 Å². The monoisotopic (exact) mass is 618 g/mol. The van der Waals surface area contributed by atoms with Crippen LogP contribution in [0.5, 0.6) is 23.0 Å². The van der Waals surface area contributed by atoms with Crippen molar-refractivity contribution in [2.45, 2.75) is 38.3 Å². The second-order valence-electron chi connectivity index (χ2n) is 12.3. The molecule has 240 valence electrons. The second kappa shape index (κ2) is 12.7. The van der Waals surface area contributed by atoms with Gasteiger partial charge in [-0.3, -0.25) is 9.69 Å². The Morgan fingerprint density at radius 1 is 0.956 bits per heavy atom. The van der Waals surface area contributed by atoms with E-state index in [1.54, 1.807) is 46.6 Å². The Hall–Kier alpha value is -4.18. The Morgan fingerprint density at radius 2 is 1.71 bits per heavy atom. The number of hydrogen-bond acceptors (Lipinski definition) is 9. The molecule has 10 heteroatoms. The Labute approximate surface area is 263 Å². The highest BCUT2D eigenvalue weighted by molar-refractivity contribution is 5.88. The van der Waals surface area contributed by atoms with E-state index in [2.05, 4.69) is 22.0 Å². The highest BCUT2D eigenvalue weighted by Gasteiger charge is 2.52. The molecule has 1 saturated carbocycles. The molecule has 2 aliphatic heterocycles. The van der Waals surface area contributed by atoms with Crippen molar-refractivity contribution in [1.29, 1.82) is 0 Å². The first-order valence-corrected chi connectivity index (χ1v) is 15.5. The number of nitrogens with zero attached hydrogens (tertiary/aromatic N) is 1. The van der Waals surface area contributed by atoms with Crippen LogP contribution in [0.4, 0.5) is 0 Å². The lowest BCUT2D eigenvalue weighted by Gasteiger charge is -2.52. The van der Waals surface area contributed by atoms with Crippen LogP contribution >= 0.6 is 0 Å². The second-order valence-corrected chi connectivity index (χ2v) is 12.3. The quantitative estimate of drug-likeness (QED) is 0.270. The summed E-state index contributed by atoms with van der Waals surface area (Å²) >= 11 is 0. The molecule has 2 fully saturated rings. The van der Waals surface area contributed by atoms with Gasteiger partial charge in [0, 0.05) is 47.7 Å². The van der Waals surface area contributed by atoms with Crippen molar-refractivity contribution >= 4 is 28.9 Å². The number of esters is 2. The smallest absolute Gasteiger partial charge is 0.331 e. The largest absolute Gasteiger partial charge is 0.497 e. The molecule has 2 aromatic carbocycles. The molecule has 0 amide bonds. The van der Waals surface area contributed by atoms with Crippen LogP contribution in [0.3, 0.4) is 0 Å². The lowest BCUT2D eigenvalue weighted by Crippen LogP contribution is -2.55. The van der Waals surface area contributed by atoms with Gasteiger partial charge in [-0.25, -0.2) is 4.79 Å². The average molecular weight is 619 g/mol. The molecule has 1 aliphatic carbocycles. The molecular formula is C35H42N2O8. The minimum atomic E-state index is -0.465. The fourth-order valence-electron chi connectivity index (χ4n) is 7.96. The summed E-state index contributed by atoms with van der Waals surface area (Å²) in [5.41, 5.74) is 4.38. The molecule has 0 bridgehead atoms. The van der Waals surface area contributed by atoms with Crippen molar-refractivity contribution in [2.24, 2.45) is 23.7 Å². The number of carbonyl (C=O) groups excluding carboxylic acids is 2. The maximum atomic E-state index is 13.3. The van der Waals surface area contributed by atoms with E-state index in [9.17, 15) is 9.59 Å². The van der Waals surface area contributed by atoms with Crippen LogP contribution < -0.4 is 18.9 Å². The van der Waals surface area contributed by atoms with E-state index in [4.69, 9.17) is 28.4 Å². The normalized spacial score (nSPS) is 26.0. The first-order valence-electron chi connectivity index (χ1n) is 15.5. The van der Waals surface area contributed by atoms with Crippen molar-refractivity contribution in [3.8, 4) is 23.0 Å². The van der Waals surface area contributed by atoms with Crippen LogP contribution in [0, 0.1) is 23.7 Å². The first kappa shape index (κ1) is 30.8. The number of piperidine rings is 1. The van der Waals surface area contributed by atoms with Crippen LogP contribution in [-0.2, 0) is 25.5 Å². The highest BCUT2D eigenvalue weighted by Crippen LogP contribution is 2.51. The molecule has 6 atom stereocenters. The molecule has 45 heavy (non-hydrogen) atoms. The number of aromatic amines is 1. The average Bonchev–Trinajstić information content (AvgIpc) is 3.44. The number of benzene rings is 2. The first-order chi connectivity index (χ1) is 21.8. The zero-order chi connectivity index (χ0) is 31.8. The topological polar surface area (TPSA) is 109 Å². The van der Waals surface area contributed by atoms with Crippen molar-refractivity contribution in [2.75, 3.05) is 48.6 Å². The fraction of sp³-hybridized carbons (Fsp3) is 0.486. The third kappa shape index (κ3) is 5.60. The maximum absolute atomic E-state index is 13.3. The van der Waals surface area contributed by atoms with Gasteiger partial charge in [-0.1, -0.05) is 6.92 Å². The molecule has 3 heterocycles. The van der Waals surface area contributed by atoms with Crippen LogP contribution in [0.1, 0.15) is 42.6 Å². The predicted octanol–water partition coefficient (Wildman–Crippen LogP) is 5.19. The van der Waals surface area contributed by atoms with Gasteiger partial charge in [0.15, 0.2) is 11.5 Å². The van der Waals surface area contributed by atoms with E-state index in [-0.39, 0.29) is 35.7 Å². The number of rotatable bonds is 8. The fourth-order valence-corrected chi connectivity index (χ4v) is 7.96. The van der Waals surface area contributed by atoms with E-state index in [0.717, 1.165) is 37.2 Å². The SMILES string of the molecule is COC(=O)[C@@H]1C(C)[C@H](OC(=O)/C=C/c2cc(OC)c(OC)c(OC)c2)C[C@@H]2CN3CCc4c([nH]c5cc(OC)ccc45)[C@H]3C[C@@H]21. The number of aromatic nitrogens is 1. The van der Waals surface area contributed by atoms with E-state index in [1.165, 1.54) is 29.8 Å².